The summed E-state index contributed by atoms with van der Waals surface area (Å²) in [6.45, 7) is 3.14. The molecule has 2 rings (SSSR count). The highest BCUT2D eigenvalue weighted by atomic mass is 16.1. The van der Waals surface area contributed by atoms with Crippen LogP contribution in [0.15, 0.2) is 17.2 Å². The molecule has 13 heavy (non-hydrogen) atoms. The molecule has 0 aromatic carbocycles. The van der Waals surface area contributed by atoms with E-state index in [0.717, 1.165) is 6.54 Å². The fourth-order valence-electron chi connectivity index (χ4n) is 1.98. The van der Waals surface area contributed by atoms with Gasteiger partial charge in [-0.2, -0.15) is 0 Å². The Morgan fingerprint density at radius 1 is 1.46 bits per heavy atom. The Morgan fingerprint density at radius 3 is 2.54 bits per heavy atom. The van der Waals surface area contributed by atoms with Gasteiger partial charge in [0.25, 0.3) is 0 Å². The normalized spacial score (nSPS) is 19.8. The summed E-state index contributed by atoms with van der Waals surface area (Å²) in [7, 11) is 1.79. The van der Waals surface area contributed by atoms with E-state index in [4.69, 9.17) is 0 Å². The van der Waals surface area contributed by atoms with Gasteiger partial charge >= 0.3 is 5.69 Å². The summed E-state index contributed by atoms with van der Waals surface area (Å²) in [4.78, 5) is 11.5. The van der Waals surface area contributed by atoms with Crippen LogP contribution in [0.5, 0.6) is 0 Å². The summed E-state index contributed by atoms with van der Waals surface area (Å²) >= 11 is 0. The van der Waals surface area contributed by atoms with Crippen molar-refractivity contribution in [3.05, 3.63) is 22.9 Å². The lowest BCUT2D eigenvalue weighted by molar-refractivity contribution is 0.130. The molecule has 0 saturated heterocycles. The molecule has 0 radical (unpaired) electrons. The van der Waals surface area contributed by atoms with Gasteiger partial charge in [0.05, 0.1) is 0 Å². The molecule has 72 valence electrons. The van der Waals surface area contributed by atoms with Gasteiger partial charge in [0.1, 0.15) is 0 Å². The molecule has 0 unspecified atom stereocenters. The Morgan fingerprint density at radius 2 is 2.15 bits per heavy atom. The summed E-state index contributed by atoms with van der Waals surface area (Å²) in [6.07, 6.45) is 7.54. The number of imidazole rings is 1. The maximum atomic E-state index is 11.5. The van der Waals surface area contributed by atoms with Crippen LogP contribution in [0.4, 0.5) is 0 Å². The highest BCUT2D eigenvalue weighted by Crippen LogP contribution is 2.41. The fourth-order valence-corrected chi connectivity index (χ4v) is 1.98. The molecule has 1 aliphatic rings. The van der Waals surface area contributed by atoms with Crippen molar-refractivity contribution in [1.29, 1.82) is 0 Å². The SMILES string of the molecule is Cn1ccn(CC2(C)CCC2)c1=O. The number of hydrogen-bond acceptors (Lipinski definition) is 1. The number of hydrogen-bond donors (Lipinski definition) is 0. The second-order valence-electron chi connectivity index (χ2n) is 4.48. The Kier molecular flexibility index (Phi) is 1.82. The van der Waals surface area contributed by atoms with Crippen LogP contribution in [0.2, 0.25) is 0 Å². The lowest BCUT2D eigenvalue weighted by Gasteiger charge is -2.38. The van der Waals surface area contributed by atoms with Crippen LogP contribution in [0.3, 0.4) is 0 Å². The number of aryl methyl sites for hydroxylation is 1. The van der Waals surface area contributed by atoms with Gasteiger partial charge in [0.15, 0.2) is 0 Å². The summed E-state index contributed by atoms with van der Waals surface area (Å²) in [5, 5.41) is 0. The van der Waals surface area contributed by atoms with Crippen molar-refractivity contribution in [2.24, 2.45) is 12.5 Å². The zero-order chi connectivity index (χ0) is 9.47. The highest BCUT2D eigenvalue weighted by molar-refractivity contribution is 4.88. The minimum absolute atomic E-state index is 0.105. The zero-order valence-electron chi connectivity index (χ0n) is 8.29. The molecule has 1 aromatic rings. The Labute approximate surface area is 78.0 Å². The van der Waals surface area contributed by atoms with E-state index in [1.807, 2.05) is 17.0 Å². The largest absolute Gasteiger partial charge is 0.327 e. The fraction of sp³-hybridized carbons (Fsp3) is 0.700. The van der Waals surface area contributed by atoms with Crippen molar-refractivity contribution >= 4 is 0 Å². The molecule has 1 saturated carbocycles. The summed E-state index contributed by atoms with van der Waals surface area (Å²) < 4.78 is 3.45. The maximum Gasteiger partial charge on any atom is 0.327 e. The third kappa shape index (κ3) is 1.43. The number of aromatic nitrogens is 2. The van der Waals surface area contributed by atoms with E-state index in [2.05, 4.69) is 6.92 Å². The molecule has 1 aliphatic carbocycles. The molecule has 0 N–H and O–H groups in total. The van der Waals surface area contributed by atoms with E-state index in [9.17, 15) is 4.79 Å². The van der Waals surface area contributed by atoms with E-state index < -0.39 is 0 Å². The minimum atomic E-state index is 0.105. The quantitative estimate of drug-likeness (QED) is 0.675. The molecular formula is C10H16N2O. The summed E-state index contributed by atoms with van der Waals surface area (Å²) in [5.74, 6) is 0. The van der Waals surface area contributed by atoms with Gasteiger partial charge in [-0.05, 0) is 18.3 Å². The molecule has 0 bridgehead atoms. The predicted octanol–water partition coefficient (Wildman–Crippen LogP) is 1.38. The third-order valence-corrected chi connectivity index (χ3v) is 3.13. The smallest absolute Gasteiger partial charge is 0.302 e. The van der Waals surface area contributed by atoms with Crippen LogP contribution in [-0.2, 0) is 13.6 Å². The first-order chi connectivity index (χ1) is 6.11. The van der Waals surface area contributed by atoms with E-state index in [1.54, 1.807) is 11.6 Å². The van der Waals surface area contributed by atoms with E-state index in [-0.39, 0.29) is 5.69 Å². The Hall–Kier alpha value is -0.990. The first-order valence-electron chi connectivity index (χ1n) is 4.83. The van der Waals surface area contributed by atoms with Crippen molar-refractivity contribution in [1.82, 2.24) is 9.13 Å². The van der Waals surface area contributed by atoms with E-state index in [1.165, 1.54) is 19.3 Å². The lowest BCUT2D eigenvalue weighted by Crippen LogP contribution is -2.35. The van der Waals surface area contributed by atoms with Gasteiger partial charge in [-0.3, -0.25) is 4.57 Å². The predicted molar refractivity (Wildman–Crippen MR) is 51.6 cm³/mol. The summed E-state index contributed by atoms with van der Waals surface area (Å²) in [6, 6.07) is 0. The third-order valence-electron chi connectivity index (χ3n) is 3.13. The van der Waals surface area contributed by atoms with Crippen molar-refractivity contribution in [3.8, 4) is 0 Å². The van der Waals surface area contributed by atoms with Crippen molar-refractivity contribution in [2.45, 2.75) is 32.7 Å². The molecule has 3 heteroatoms. The van der Waals surface area contributed by atoms with Crippen molar-refractivity contribution in [2.75, 3.05) is 0 Å². The average molecular weight is 180 g/mol. The average Bonchev–Trinajstić information content (AvgIpc) is 2.33. The number of nitrogens with zero attached hydrogens (tertiary/aromatic N) is 2. The minimum Gasteiger partial charge on any atom is -0.302 e. The topological polar surface area (TPSA) is 26.9 Å². The van der Waals surface area contributed by atoms with Crippen LogP contribution < -0.4 is 5.69 Å². The molecule has 0 amide bonds. The Bertz CT molecular complexity index is 357. The highest BCUT2D eigenvalue weighted by Gasteiger charge is 2.32. The second kappa shape index (κ2) is 2.76. The van der Waals surface area contributed by atoms with Gasteiger partial charge in [-0.1, -0.05) is 13.3 Å². The zero-order valence-corrected chi connectivity index (χ0v) is 8.29. The molecule has 3 nitrogen and oxygen atoms in total. The van der Waals surface area contributed by atoms with Gasteiger partial charge in [0, 0.05) is 26.0 Å². The molecule has 0 atom stereocenters. The molecule has 0 spiro atoms. The molecular weight excluding hydrogens is 164 g/mol. The maximum absolute atomic E-state index is 11.5. The van der Waals surface area contributed by atoms with E-state index in [0.29, 0.717) is 5.41 Å². The van der Waals surface area contributed by atoms with Crippen LogP contribution in [0.25, 0.3) is 0 Å². The summed E-state index contributed by atoms with van der Waals surface area (Å²) in [5.41, 5.74) is 0.485. The van der Waals surface area contributed by atoms with Crippen LogP contribution >= 0.6 is 0 Å². The van der Waals surface area contributed by atoms with E-state index >= 15 is 0 Å². The molecule has 1 fully saturated rings. The van der Waals surface area contributed by atoms with Gasteiger partial charge < -0.3 is 4.57 Å². The van der Waals surface area contributed by atoms with Crippen molar-refractivity contribution in [3.63, 3.8) is 0 Å². The standard InChI is InChI=1S/C10H16N2O/c1-10(4-3-5-10)8-12-7-6-11(2)9(12)13/h6-7H,3-5,8H2,1-2H3. The first kappa shape index (κ1) is 8.60. The van der Waals surface area contributed by atoms with Gasteiger partial charge in [-0.25, -0.2) is 4.79 Å². The van der Waals surface area contributed by atoms with Gasteiger partial charge in [-0.15, -0.1) is 0 Å². The molecule has 1 heterocycles. The molecule has 1 aromatic heterocycles. The van der Waals surface area contributed by atoms with Crippen LogP contribution in [-0.4, -0.2) is 9.13 Å². The lowest BCUT2D eigenvalue weighted by atomic mass is 9.70. The van der Waals surface area contributed by atoms with Crippen LogP contribution in [0, 0.1) is 5.41 Å². The molecule has 0 aliphatic heterocycles. The Balaban J connectivity index is 2.18. The van der Waals surface area contributed by atoms with Gasteiger partial charge in [0.2, 0.25) is 0 Å². The second-order valence-corrected chi connectivity index (χ2v) is 4.48. The monoisotopic (exact) mass is 180 g/mol. The van der Waals surface area contributed by atoms with Crippen molar-refractivity contribution < 1.29 is 0 Å². The number of rotatable bonds is 2. The van der Waals surface area contributed by atoms with Crippen LogP contribution in [0.1, 0.15) is 26.2 Å². The first-order valence-corrected chi connectivity index (χ1v) is 4.83.